The van der Waals surface area contributed by atoms with Crippen molar-refractivity contribution < 1.29 is 14.3 Å². The Morgan fingerprint density at radius 1 is 1.04 bits per heavy atom. The minimum atomic E-state index is -0.556. The molecule has 2 aromatic carbocycles. The molecule has 8 heteroatoms. The molecular weight excluding hydrogens is 360 g/mol. The van der Waals surface area contributed by atoms with E-state index in [-0.39, 0.29) is 17.2 Å². The van der Waals surface area contributed by atoms with Gasteiger partial charge in [0.25, 0.3) is 11.5 Å². The van der Waals surface area contributed by atoms with E-state index in [9.17, 15) is 9.59 Å². The smallest absolute Gasteiger partial charge is 0.294 e. The van der Waals surface area contributed by atoms with Crippen LogP contribution >= 0.6 is 0 Å². The number of hydrogen-bond acceptors (Lipinski definition) is 6. The topological polar surface area (TPSA) is 86.6 Å². The Balaban J connectivity index is 1.88. The molecule has 0 N–H and O–H groups in total. The third-order valence-electron chi connectivity index (χ3n) is 5.16. The molecule has 0 saturated carbocycles. The number of nitrogens with zero attached hydrogens (tertiary/aromatic N) is 4. The van der Waals surface area contributed by atoms with Crippen LogP contribution in [-0.4, -0.2) is 34.9 Å². The fourth-order valence-corrected chi connectivity index (χ4v) is 3.94. The van der Waals surface area contributed by atoms with Gasteiger partial charge >= 0.3 is 0 Å². The third-order valence-corrected chi connectivity index (χ3v) is 5.16. The predicted molar refractivity (Wildman–Crippen MR) is 101 cm³/mol. The number of benzene rings is 2. The number of para-hydroxylation sites is 1. The number of methoxy groups -OCH3 is 2. The number of ether oxygens (including phenoxy) is 2. The lowest BCUT2D eigenvalue weighted by atomic mass is 10.0. The number of fused-ring (bicyclic) bond motifs is 8. The van der Waals surface area contributed by atoms with Crippen LogP contribution in [0.5, 0.6) is 11.5 Å². The van der Waals surface area contributed by atoms with Gasteiger partial charge < -0.3 is 9.47 Å². The molecule has 8 nitrogen and oxygen atoms in total. The van der Waals surface area contributed by atoms with Gasteiger partial charge in [-0.2, -0.15) is 10.1 Å². The number of aromatic nitrogens is 3. The van der Waals surface area contributed by atoms with Crippen molar-refractivity contribution >= 4 is 11.6 Å². The summed E-state index contributed by atoms with van der Waals surface area (Å²) in [7, 11) is 3.03. The van der Waals surface area contributed by atoms with E-state index in [1.165, 1.54) is 14.2 Å². The molecule has 0 radical (unpaired) electrons. The third kappa shape index (κ3) is 1.94. The van der Waals surface area contributed by atoms with Crippen molar-refractivity contribution in [3.63, 3.8) is 0 Å². The first-order chi connectivity index (χ1) is 13.6. The highest BCUT2D eigenvalue weighted by atomic mass is 16.5. The Kier molecular flexibility index (Phi) is 3.33. The summed E-state index contributed by atoms with van der Waals surface area (Å²) >= 11 is 0. The molecule has 1 atom stereocenters. The van der Waals surface area contributed by atoms with Gasteiger partial charge in [0.2, 0.25) is 0 Å². The van der Waals surface area contributed by atoms with E-state index in [1.807, 2.05) is 30.3 Å². The van der Waals surface area contributed by atoms with Crippen molar-refractivity contribution in [1.29, 1.82) is 0 Å². The second-order valence-corrected chi connectivity index (χ2v) is 6.60. The molecule has 140 valence electrons. The summed E-state index contributed by atoms with van der Waals surface area (Å²) in [5, 5.41) is 4.46. The summed E-state index contributed by atoms with van der Waals surface area (Å²) in [6, 6.07) is 10.9. The second-order valence-electron chi connectivity index (χ2n) is 6.60. The summed E-state index contributed by atoms with van der Waals surface area (Å²) in [6.45, 7) is 1.61. The van der Waals surface area contributed by atoms with E-state index >= 15 is 0 Å². The Morgan fingerprint density at radius 3 is 2.57 bits per heavy atom. The molecule has 2 aliphatic rings. The average molecular weight is 376 g/mol. The van der Waals surface area contributed by atoms with E-state index in [1.54, 1.807) is 22.6 Å². The first kappa shape index (κ1) is 16.5. The van der Waals surface area contributed by atoms with Crippen LogP contribution in [-0.2, 0) is 0 Å². The number of anilines is 1. The molecule has 28 heavy (non-hydrogen) atoms. The van der Waals surface area contributed by atoms with Gasteiger partial charge in [-0.05, 0) is 25.1 Å². The fourth-order valence-electron chi connectivity index (χ4n) is 3.94. The van der Waals surface area contributed by atoms with Crippen molar-refractivity contribution in [3.8, 4) is 22.9 Å². The molecule has 3 aromatic rings. The minimum absolute atomic E-state index is 0.216. The molecular formula is C20H16N4O4. The minimum Gasteiger partial charge on any atom is -0.493 e. The quantitative estimate of drug-likeness (QED) is 0.681. The highest BCUT2D eigenvalue weighted by Crippen LogP contribution is 2.50. The van der Waals surface area contributed by atoms with Gasteiger partial charge in [0.05, 0.1) is 25.5 Å². The van der Waals surface area contributed by atoms with E-state index in [4.69, 9.17) is 9.47 Å². The lowest BCUT2D eigenvalue weighted by molar-refractivity contribution is 0.0983. The van der Waals surface area contributed by atoms with Crippen molar-refractivity contribution in [2.75, 3.05) is 19.1 Å². The maximum Gasteiger partial charge on any atom is 0.294 e. The summed E-state index contributed by atoms with van der Waals surface area (Å²) < 4.78 is 12.5. The van der Waals surface area contributed by atoms with Gasteiger partial charge in [0.1, 0.15) is 5.69 Å². The highest BCUT2D eigenvalue weighted by Gasteiger charge is 2.46. The Morgan fingerprint density at radius 2 is 1.82 bits per heavy atom. The van der Waals surface area contributed by atoms with Crippen LogP contribution in [0, 0.1) is 6.92 Å². The zero-order valence-electron chi connectivity index (χ0n) is 15.5. The van der Waals surface area contributed by atoms with E-state index < -0.39 is 6.17 Å². The summed E-state index contributed by atoms with van der Waals surface area (Å²) in [5.41, 5.74) is 2.38. The monoisotopic (exact) mass is 376 g/mol. The van der Waals surface area contributed by atoms with Crippen LogP contribution < -0.4 is 19.9 Å². The van der Waals surface area contributed by atoms with Crippen LogP contribution in [0.15, 0.2) is 41.2 Å². The second kappa shape index (κ2) is 5.66. The Hall–Kier alpha value is -3.68. The number of carbonyl (C=O) groups is 1. The number of amides is 1. The van der Waals surface area contributed by atoms with Gasteiger partial charge in [-0.25, -0.2) is 4.68 Å². The van der Waals surface area contributed by atoms with Crippen LogP contribution in [0.1, 0.15) is 27.8 Å². The molecule has 3 heterocycles. The van der Waals surface area contributed by atoms with Crippen LogP contribution in [0.3, 0.4) is 0 Å². The van der Waals surface area contributed by atoms with Gasteiger partial charge in [-0.3, -0.25) is 14.5 Å². The van der Waals surface area contributed by atoms with Gasteiger partial charge in [0.15, 0.2) is 23.5 Å². The maximum atomic E-state index is 13.5. The van der Waals surface area contributed by atoms with Crippen LogP contribution in [0.4, 0.5) is 5.69 Å². The van der Waals surface area contributed by atoms with E-state index in [0.717, 1.165) is 5.56 Å². The number of carbonyl (C=O) groups excluding carboxylic acids is 1. The SMILES string of the molecule is COc1ccc2c(c1OC)C(=O)N1c3ccccc3-c3nc(=O)c(C)nn3C21. The number of rotatable bonds is 2. The molecule has 5 rings (SSSR count). The Bertz CT molecular complexity index is 1220. The molecule has 0 fully saturated rings. The van der Waals surface area contributed by atoms with Crippen LogP contribution in [0.25, 0.3) is 11.4 Å². The van der Waals surface area contributed by atoms with Gasteiger partial charge in [-0.15, -0.1) is 0 Å². The zero-order valence-corrected chi connectivity index (χ0v) is 15.5. The molecule has 1 amide bonds. The highest BCUT2D eigenvalue weighted by molar-refractivity contribution is 6.15. The standard InChI is InChI=1S/C20H16N4O4/c1-10-18(25)21-17-11-6-4-5-7-13(11)23-19(24(17)22-10)12-8-9-14(27-2)16(28-3)15(12)20(23)26/h4-9,19H,1-3H3. The number of hydrogen-bond donors (Lipinski definition) is 0. The lowest BCUT2D eigenvalue weighted by Gasteiger charge is -2.34. The molecule has 2 aliphatic heterocycles. The first-order valence-electron chi connectivity index (χ1n) is 8.72. The van der Waals surface area contributed by atoms with Gasteiger partial charge in [0, 0.05) is 11.1 Å². The predicted octanol–water partition coefficient (Wildman–Crippen LogP) is 2.15. The lowest BCUT2D eigenvalue weighted by Crippen LogP contribution is -2.39. The fraction of sp³-hybridized carbons (Fsp3) is 0.200. The van der Waals surface area contributed by atoms with Gasteiger partial charge in [-0.1, -0.05) is 18.2 Å². The van der Waals surface area contributed by atoms with Crippen molar-refractivity contribution in [1.82, 2.24) is 14.8 Å². The van der Waals surface area contributed by atoms with E-state index in [0.29, 0.717) is 34.1 Å². The summed E-state index contributed by atoms with van der Waals surface area (Å²) in [4.78, 5) is 31.6. The molecule has 1 unspecified atom stereocenters. The average Bonchev–Trinajstić information content (AvgIpc) is 3.02. The van der Waals surface area contributed by atoms with E-state index in [2.05, 4.69) is 10.1 Å². The number of aryl methyl sites for hydroxylation is 1. The van der Waals surface area contributed by atoms with Crippen molar-refractivity contribution in [2.45, 2.75) is 13.1 Å². The first-order valence-corrected chi connectivity index (χ1v) is 8.72. The largest absolute Gasteiger partial charge is 0.493 e. The zero-order chi connectivity index (χ0) is 19.6. The molecule has 0 aliphatic carbocycles. The van der Waals surface area contributed by atoms with Crippen LogP contribution in [0.2, 0.25) is 0 Å². The molecule has 0 saturated heterocycles. The molecule has 0 spiro atoms. The summed E-state index contributed by atoms with van der Waals surface area (Å²) in [5.74, 6) is 1.07. The normalized spacial score (nSPS) is 16.2. The van der Waals surface area contributed by atoms with Crippen molar-refractivity contribution in [2.24, 2.45) is 0 Å². The summed E-state index contributed by atoms with van der Waals surface area (Å²) in [6.07, 6.45) is -0.556. The van der Waals surface area contributed by atoms with Crippen molar-refractivity contribution in [3.05, 3.63) is 63.6 Å². The maximum absolute atomic E-state index is 13.5. The molecule has 1 aromatic heterocycles. The Labute approximate surface area is 160 Å². The molecule has 0 bridgehead atoms.